The molecule has 0 spiro atoms. The maximum absolute atomic E-state index is 13.3. The molecule has 7 heteroatoms. The smallest absolute Gasteiger partial charge is 0.290 e. The van der Waals surface area contributed by atoms with Gasteiger partial charge in [0.05, 0.1) is 17.3 Å². The Hall–Kier alpha value is -2.80. The van der Waals surface area contributed by atoms with Gasteiger partial charge in [-0.2, -0.15) is 0 Å². The molecular weight excluding hydrogens is 402 g/mol. The largest absolute Gasteiger partial charge is 0.493 e. The van der Waals surface area contributed by atoms with E-state index in [0.717, 1.165) is 18.2 Å². The number of fused-ring (bicyclic) bond motifs is 3. The molecule has 2 unspecified atom stereocenters. The lowest BCUT2D eigenvalue weighted by molar-refractivity contribution is 0.0567. The molecule has 3 aromatic rings. The summed E-state index contributed by atoms with van der Waals surface area (Å²) < 4.78 is 37.4. The number of rotatable bonds is 4. The van der Waals surface area contributed by atoms with Crippen LogP contribution in [0.25, 0.3) is 11.0 Å². The highest BCUT2D eigenvalue weighted by atomic mass is 32.2. The third-order valence-electron chi connectivity index (χ3n) is 6.37. The summed E-state index contributed by atoms with van der Waals surface area (Å²) in [5.74, 6) is 0.689. The molecule has 2 fully saturated rings. The van der Waals surface area contributed by atoms with Crippen LogP contribution in [0.2, 0.25) is 0 Å². The van der Waals surface area contributed by atoms with Gasteiger partial charge in [-0.05, 0) is 49.9 Å². The molecule has 2 aliphatic heterocycles. The lowest BCUT2D eigenvalue weighted by Crippen LogP contribution is -2.49. The van der Waals surface area contributed by atoms with Crippen LogP contribution in [0.3, 0.4) is 0 Å². The molecule has 1 aromatic heterocycles. The summed E-state index contributed by atoms with van der Waals surface area (Å²) in [6.07, 6.45) is 2.56. The molecule has 0 saturated carbocycles. The Bertz CT molecular complexity index is 1190. The van der Waals surface area contributed by atoms with Crippen molar-refractivity contribution in [3.63, 3.8) is 0 Å². The van der Waals surface area contributed by atoms with Crippen LogP contribution in [-0.2, 0) is 9.84 Å². The van der Waals surface area contributed by atoms with Crippen molar-refractivity contribution < 1.29 is 22.4 Å². The molecule has 3 heterocycles. The van der Waals surface area contributed by atoms with E-state index in [0.29, 0.717) is 29.1 Å². The third-order valence-corrected chi connectivity index (χ3v) is 8.57. The fraction of sp³-hybridized carbons (Fsp3) is 0.348. The first-order valence-corrected chi connectivity index (χ1v) is 11.7. The normalized spacial score (nSPS) is 23.6. The van der Waals surface area contributed by atoms with Crippen molar-refractivity contribution in [1.29, 1.82) is 0 Å². The molecule has 2 bridgehead atoms. The van der Waals surface area contributed by atoms with E-state index in [-0.39, 0.29) is 23.8 Å². The first-order chi connectivity index (χ1) is 14.5. The zero-order valence-corrected chi connectivity index (χ0v) is 17.5. The molecule has 0 N–H and O–H groups in total. The SMILES string of the molecule is COc1cccc2cc(C(=O)N3C4CCC3CC(S(=O)(=O)c3ccccc3)C4)oc12. The lowest BCUT2D eigenvalue weighted by Gasteiger charge is -2.38. The van der Waals surface area contributed by atoms with Gasteiger partial charge in [0.15, 0.2) is 26.9 Å². The number of piperidine rings is 1. The molecule has 5 rings (SSSR count). The minimum atomic E-state index is -3.41. The van der Waals surface area contributed by atoms with Gasteiger partial charge in [-0.25, -0.2) is 8.42 Å². The number of carbonyl (C=O) groups is 1. The summed E-state index contributed by atoms with van der Waals surface area (Å²) in [6, 6.07) is 15.7. The van der Waals surface area contributed by atoms with E-state index in [1.807, 2.05) is 23.1 Å². The van der Waals surface area contributed by atoms with Gasteiger partial charge in [-0.1, -0.05) is 30.3 Å². The van der Waals surface area contributed by atoms with Gasteiger partial charge >= 0.3 is 0 Å². The van der Waals surface area contributed by atoms with E-state index >= 15 is 0 Å². The van der Waals surface area contributed by atoms with Crippen LogP contribution in [-0.4, -0.2) is 43.7 Å². The molecule has 2 aliphatic rings. The monoisotopic (exact) mass is 425 g/mol. The van der Waals surface area contributed by atoms with Gasteiger partial charge in [-0.15, -0.1) is 0 Å². The highest BCUT2D eigenvalue weighted by Gasteiger charge is 2.47. The average molecular weight is 426 g/mol. The second kappa shape index (κ2) is 7.16. The Morgan fingerprint density at radius 2 is 1.73 bits per heavy atom. The van der Waals surface area contributed by atoms with E-state index < -0.39 is 15.1 Å². The molecule has 156 valence electrons. The van der Waals surface area contributed by atoms with Crippen molar-refractivity contribution in [3.05, 3.63) is 60.4 Å². The van der Waals surface area contributed by atoms with Crippen molar-refractivity contribution in [1.82, 2.24) is 4.90 Å². The average Bonchev–Trinajstić information content (AvgIpc) is 3.32. The van der Waals surface area contributed by atoms with Gasteiger partial charge in [0.25, 0.3) is 5.91 Å². The Morgan fingerprint density at radius 3 is 2.40 bits per heavy atom. The van der Waals surface area contributed by atoms with E-state index in [2.05, 4.69) is 0 Å². The summed E-state index contributed by atoms with van der Waals surface area (Å²) >= 11 is 0. The van der Waals surface area contributed by atoms with Crippen LogP contribution in [0, 0.1) is 0 Å². The number of nitrogens with zero attached hydrogens (tertiary/aromatic N) is 1. The van der Waals surface area contributed by atoms with Crippen molar-refractivity contribution in [2.45, 2.75) is 47.9 Å². The minimum absolute atomic E-state index is 0.0881. The van der Waals surface area contributed by atoms with Gasteiger partial charge in [-0.3, -0.25) is 4.79 Å². The first-order valence-electron chi connectivity index (χ1n) is 10.2. The Morgan fingerprint density at radius 1 is 1.03 bits per heavy atom. The molecule has 2 aromatic carbocycles. The van der Waals surface area contributed by atoms with Crippen LogP contribution >= 0.6 is 0 Å². The van der Waals surface area contributed by atoms with Crippen LogP contribution in [0.15, 0.2) is 63.9 Å². The summed E-state index contributed by atoms with van der Waals surface area (Å²) in [5, 5.41) is 0.351. The number of furan rings is 1. The fourth-order valence-electron chi connectivity index (χ4n) is 4.94. The molecule has 0 aliphatic carbocycles. The molecular formula is C23H23NO5S. The predicted octanol–water partition coefficient (Wildman–Crippen LogP) is 4.05. The van der Waals surface area contributed by atoms with Gasteiger partial charge in [0, 0.05) is 17.5 Å². The standard InChI is InChI=1S/C23H23NO5S/c1-28-20-9-5-6-15-12-21(29-22(15)20)23(25)24-16-10-11-17(24)14-19(13-16)30(26,27)18-7-3-2-4-8-18/h2-9,12,16-17,19H,10-11,13-14H2,1H3. The van der Waals surface area contributed by atoms with E-state index in [4.69, 9.17) is 9.15 Å². The fourth-order valence-corrected chi connectivity index (χ4v) is 6.82. The summed E-state index contributed by atoms with van der Waals surface area (Å²) in [6.45, 7) is 0. The van der Waals surface area contributed by atoms with Crippen LogP contribution in [0.5, 0.6) is 5.75 Å². The minimum Gasteiger partial charge on any atom is -0.493 e. The Balaban J connectivity index is 1.41. The maximum atomic E-state index is 13.3. The number of sulfone groups is 1. The van der Waals surface area contributed by atoms with Crippen molar-refractivity contribution in [2.75, 3.05) is 7.11 Å². The van der Waals surface area contributed by atoms with Gasteiger partial charge in [0.1, 0.15) is 0 Å². The number of para-hydroxylation sites is 1. The van der Waals surface area contributed by atoms with E-state index in [1.165, 1.54) is 0 Å². The Kier molecular flexibility index (Phi) is 4.58. The highest BCUT2D eigenvalue weighted by molar-refractivity contribution is 7.92. The lowest BCUT2D eigenvalue weighted by atomic mass is 10.0. The number of hydrogen-bond acceptors (Lipinski definition) is 5. The number of amides is 1. The second-order valence-corrected chi connectivity index (χ2v) is 10.3. The first kappa shape index (κ1) is 19.2. The maximum Gasteiger partial charge on any atom is 0.290 e. The summed E-state index contributed by atoms with van der Waals surface area (Å²) in [5.41, 5.74) is 0.553. The third kappa shape index (κ3) is 2.99. The summed E-state index contributed by atoms with van der Waals surface area (Å²) in [4.78, 5) is 15.5. The second-order valence-electron chi connectivity index (χ2n) is 8.04. The van der Waals surface area contributed by atoms with Crippen molar-refractivity contribution in [2.24, 2.45) is 0 Å². The van der Waals surface area contributed by atoms with Crippen LogP contribution < -0.4 is 4.74 Å². The van der Waals surface area contributed by atoms with Crippen LogP contribution in [0.4, 0.5) is 0 Å². The molecule has 2 saturated heterocycles. The predicted molar refractivity (Wildman–Crippen MR) is 112 cm³/mol. The number of ether oxygens (including phenoxy) is 1. The van der Waals surface area contributed by atoms with Gasteiger partial charge < -0.3 is 14.1 Å². The summed E-state index contributed by atoms with van der Waals surface area (Å²) in [7, 11) is -1.84. The number of hydrogen-bond donors (Lipinski definition) is 0. The van der Waals surface area contributed by atoms with Crippen molar-refractivity contribution >= 4 is 26.7 Å². The highest BCUT2D eigenvalue weighted by Crippen LogP contribution is 2.41. The zero-order chi connectivity index (χ0) is 20.9. The molecule has 6 nitrogen and oxygen atoms in total. The quantitative estimate of drug-likeness (QED) is 0.630. The zero-order valence-electron chi connectivity index (χ0n) is 16.7. The van der Waals surface area contributed by atoms with E-state index in [1.54, 1.807) is 43.5 Å². The number of benzene rings is 2. The van der Waals surface area contributed by atoms with E-state index in [9.17, 15) is 13.2 Å². The van der Waals surface area contributed by atoms with Gasteiger partial charge in [0.2, 0.25) is 0 Å². The molecule has 30 heavy (non-hydrogen) atoms. The van der Waals surface area contributed by atoms with Crippen LogP contribution in [0.1, 0.15) is 36.2 Å². The molecule has 2 atom stereocenters. The number of carbonyl (C=O) groups excluding carboxylic acids is 1. The molecule has 1 amide bonds. The Labute approximate surface area is 175 Å². The number of methoxy groups -OCH3 is 1. The van der Waals surface area contributed by atoms with Crippen molar-refractivity contribution in [3.8, 4) is 5.75 Å². The topological polar surface area (TPSA) is 76.8 Å². The molecule has 0 radical (unpaired) electrons.